The van der Waals surface area contributed by atoms with Crippen LogP contribution in [0.2, 0.25) is 0 Å². The molecule has 2 heterocycles. The molecule has 2 atom stereocenters. The molecule has 2 unspecified atom stereocenters. The van der Waals surface area contributed by atoms with Gasteiger partial charge in [0.2, 0.25) is 5.43 Å². The van der Waals surface area contributed by atoms with Crippen LogP contribution in [-0.4, -0.2) is 34.8 Å². The minimum Gasteiger partial charge on any atom is -0.477 e. The van der Waals surface area contributed by atoms with E-state index in [2.05, 4.69) is 6.92 Å². The first-order valence-electron chi connectivity index (χ1n) is 9.66. The quantitative estimate of drug-likeness (QED) is 0.692. The largest absolute Gasteiger partial charge is 0.477 e. The number of rotatable bonds is 4. The van der Waals surface area contributed by atoms with E-state index in [0.29, 0.717) is 29.9 Å². The minimum atomic E-state index is -1.33. The second-order valence-corrected chi connectivity index (χ2v) is 7.98. The van der Waals surface area contributed by atoms with Crippen molar-refractivity contribution in [3.05, 3.63) is 33.4 Å². The summed E-state index contributed by atoms with van der Waals surface area (Å²) in [6.07, 6.45) is 4.05. The minimum absolute atomic E-state index is 0.0407. The van der Waals surface area contributed by atoms with Crippen LogP contribution in [0.3, 0.4) is 0 Å². The molecule has 28 heavy (non-hydrogen) atoms. The van der Waals surface area contributed by atoms with Gasteiger partial charge in [0.25, 0.3) is 0 Å². The highest BCUT2D eigenvalue weighted by atomic mass is 19.1. The summed E-state index contributed by atoms with van der Waals surface area (Å²) in [5.41, 5.74) is 12.4. The van der Waals surface area contributed by atoms with Crippen LogP contribution in [0.25, 0.3) is 10.9 Å². The number of anilines is 2. The first-order chi connectivity index (χ1) is 13.3. The molecule has 0 bridgehead atoms. The van der Waals surface area contributed by atoms with E-state index in [1.165, 1.54) is 6.20 Å². The van der Waals surface area contributed by atoms with Crippen molar-refractivity contribution < 1.29 is 14.3 Å². The number of nitrogens with zero attached hydrogens (tertiary/aromatic N) is 2. The highest BCUT2D eigenvalue weighted by Crippen LogP contribution is 2.42. The lowest BCUT2D eigenvalue weighted by Crippen LogP contribution is -2.30. The molecule has 0 spiro atoms. The summed E-state index contributed by atoms with van der Waals surface area (Å²) in [4.78, 5) is 26.3. The Morgan fingerprint density at radius 2 is 2.04 bits per heavy atom. The zero-order valence-corrected chi connectivity index (χ0v) is 16.0. The fourth-order valence-electron chi connectivity index (χ4n) is 4.46. The molecule has 150 valence electrons. The van der Waals surface area contributed by atoms with Crippen molar-refractivity contribution in [3.63, 3.8) is 0 Å². The maximum atomic E-state index is 15.4. The lowest BCUT2D eigenvalue weighted by molar-refractivity contribution is 0.0695. The van der Waals surface area contributed by atoms with Crippen LogP contribution in [-0.2, 0) is 0 Å². The Labute approximate surface area is 161 Å². The van der Waals surface area contributed by atoms with Crippen molar-refractivity contribution in [1.29, 1.82) is 0 Å². The molecule has 0 radical (unpaired) electrons. The molecule has 1 aliphatic carbocycles. The number of aryl methyl sites for hydroxylation is 1. The van der Waals surface area contributed by atoms with Gasteiger partial charge in [-0.05, 0) is 31.2 Å². The molecule has 1 saturated heterocycles. The molecule has 7 nitrogen and oxygen atoms in total. The fourth-order valence-corrected chi connectivity index (χ4v) is 4.46. The predicted molar refractivity (Wildman–Crippen MR) is 107 cm³/mol. The van der Waals surface area contributed by atoms with Crippen LogP contribution in [0, 0.1) is 18.7 Å². The number of hydrogen-bond acceptors (Lipinski definition) is 5. The predicted octanol–water partition coefficient (Wildman–Crippen LogP) is 2.24. The molecule has 1 aromatic carbocycles. The number of carboxylic acid groups (broad SMARTS) is 1. The van der Waals surface area contributed by atoms with E-state index in [0.717, 1.165) is 19.3 Å². The Hall–Kier alpha value is -2.61. The Morgan fingerprint density at radius 1 is 1.36 bits per heavy atom. The SMILES string of the molecule is CCC1CN(c2c(F)c(N)c3c(=O)c(C(=O)O)cn(C4CC4)c3c2C)CC1N. The van der Waals surface area contributed by atoms with Crippen molar-refractivity contribution in [3.8, 4) is 0 Å². The zero-order chi connectivity index (χ0) is 20.3. The van der Waals surface area contributed by atoms with Crippen LogP contribution in [0.4, 0.5) is 15.8 Å². The van der Waals surface area contributed by atoms with Crippen LogP contribution in [0.15, 0.2) is 11.0 Å². The first kappa shape index (κ1) is 18.7. The van der Waals surface area contributed by atoms with Crippen molar-refractivity contribution in [2.24, 2.45) is 11.7 Å². The highest BCUT2D eigenvalue weighted by molar-refractivity contribution is 6.01. The van der Waals surface area contributed by atoms with E-state index in [1.807, 2.05) is 4.90 Å². The van der Waals surface area contributed by atoms with Gasteiger partial charge >= 0.3 is 5.97 Å². The summed E-state index contributed by atoms with van der Waals surface area (Å²) in [6, 6.07) is 0.0440. The van der Waals surface area contributed by atoms with Crippen molar-refractivity contribution in [1.82, 2.24) is 4.57 Å². The summed E-state index contributed by atoms with van der Waals surface area (Å²) in [5, 5.41) is 9.38. The van der Waals surface area contributed by atoms with E-state index in [-0.39, 0.29) is 34.6 Å². The number of pyridine rings is 1. The van der Waals surface area contributed by atoms with Gasteiger partial charge in [-0.15, -0.1) is 0 Å². The molecule has 2 aliphatic rings. The number of aromatic carboxylic acids is 1. The van der Waals surface area contributed by atoms with E-state index in [1.54, 1.807) is 11.5 Å². The number of nitrogens with two attached hydrogens (primary N) is 2. The first-order valence-corrected chi connectivity index (χ1v) is 9.66. The van der Waals surface area contributed by atoms with Gasteiger partial charge in [0.15, 0.2) is 5.82 Å². The van der Waals surface area contributed by atoms with Crippen LogP contribution < -0.4 is 21.8 Å². The second kappa shape index (κ2) is 6.48. The summed E-state index contributed by atoms with van der Waals surface area (Å²) in [6.45, 7) is 4.97. The Balaban J connectivity index is 2.03. The summed E-state index contributed by atoms with van der Waals surface area (Å²) >= 11 is 0. The molecule has 5 N–H and O–H groups in total. The van der Waals surface area contributed by atoms with Gasteiger partial charge in [0.1, 0.15) is 5.56 Å². The van der Waals surface area contributed by atoms with E-state index < -0.39 is 17.2 Å². The monoisotopic (exact) mass is 388 g/mol. The third-order valence-electron chi connectivity index (χ3n) is 6.16. The number of hydrogen-bond donors (Lipinski definition) is 3. The molecular weight excluding hydrogens is 363 g/mol. The van der Waals surface area contributed by atoms with Crippen LogP contribution in [0.1, 0.15) is 48.1 Å². The van der Waals surface area contributed by atoms with Crippen molar-refractivity contribution in [2.75, 3.05) is 23.7 Å². The smallest absolute Gasteiger partial charge is 0.341 e. The van der Waals surface area contributed by atoms with Crippen LogP contribution in [0.5, 0.6) is 0 Å². The molecular formula is C20H25FN4O3. The highest BCUT2D eigenvalue weighted by Gasteiger charge is 2.35. The molecule has 1 aliphatic heterocycles. The Kier molecular flexibility index (Phi) is 4.33. The van der Waals surface area contributed by atoms with Crippen molar-refractivity contribution >= 4 is 28.2 Å². The number of fused-ring (bicyclic) bond motifs is 1. The second-order valence-electron chi connectivity index (χ2n) is 7.98. The number of carbonyl (C=O) groups is 1. The Morgan fingerprint density at radius 3 is 2.57 bits per heavy atom. The molecule has 1 aromatic heterocycles. The molecule has 1 saturated carbocycles. The van der Waals surface area contributed by atoms with Gasteiger partial charge in [-0.3, -0.25) is 4.79 Å². The maximum absolute atomic E-state index is 15.4. The summed E-state index contributed by atoms with van der Waals surface area (Å²) in [7, 11) is 0. The van der Waals surface area contributed by atoms with E-state index >= 15 is 4.39 Å². The van der Waals surface area contributed by atoms with Gasteiger partial charge < -0.3 is 26.0 Å². The van der Waals surface area contributed by atoms with Gasteiger partial charge in [0.05, 0.1) is 22.3 Å². The molecule has 8 heteroatoms. The average molecular weight is 388 g/mol. The lowest BCUT2D eigenvalue weighted by Gasteiger charge is -2.25. The number of carboxylic acids is 1. The fraction of sp³-hybridized carbons (Fsp3) is 0.500. The topological polar surface area (TPSA) is 115 Å². The van der Waals surface area contributed by atoms with Gasteiger partial charge in [-0.25, -0.2) is 9.18 Å². The standard InChI is InChI=1S/C20H25FN4O3/c1-3-10-6-24(8-13(10)22)18-9(2)17-14(16(23)15(18)21)19(26)12(20(27)28)7-25(17)11-4-5-11/h7,10-11,13H,3-6,8,22-23H2,1-2H3,(H,27,28). The number of aromatic nitrogens is 1. The molecule has 0 amide bonds. The third-order valence-corrected chi connectivity index (χ3v) is 6.16. The summed E-state index contributed by atoms with van der Waals surface area (Å²) in [5.74, 6) is -1.74. The summed E-state index contributed by atoms with van der Waals surface area (Å²) < 4.78 is 17.2. The van der Waals surface area contributed by atoms with E-state index in [4.69, 9.17) is 11.5 Å². The third kappa shape index (κ3) is 2.66. The molecule has 2 fully saturated rings. The van der Waals surface area contributed by atoms with Gasteiger partial charge in [-0.1, -0.05) is 13.3 Å². The maximum Gasteiger partial charge on any atom is 0.341 e. The zero-order valence-electron chi connectivity index (χ0n) is 16.0. The number of halogens is 1. The van der Waals surface area contributed by atoms with E-state index in [9.17, 15) is 14.7 Å². The molecule has 2 aromatic rings. The number of nitrogen functional groups attached to an aromatic ring is 1. The van der Waals surface area contributed by atoms with Gasteiger partial charge in [0, 0.05) is 31.4 Å². The average Bonchev–Trinajstić information content (AvgIpc) is 3.42. The van der Waals surface area contributed by atoms with Gasteiger partial charge in [-0.2, -0.15) is 0 Å². The van der Waals surface area contributed by atoms with Crippen LogP contribution >= 0.6 is 0 Å². The molecule has 4 rings (SSSR count). The Bertz CT molecular complexity index is 1040. The lowest BCUT2D eigenvalue weighted by atomic mass is 10.0. The number of benzene rings is 1. The van der Waals surface area contributed by atoms with Crippen molar-refractivity contribution in [2.45, 2.75) is 45.2 Å². The normalized spacial score (nSPS) is 22.2.